The molecule has 222 valence electrons. The Kier molecular flexibility index (Phi) is 10.00. The monoisotopic (exact) mass is 581 g/mol. The Morgan fingerprint density at radius 3 is 2.60 bits per heavy atom. The molecule has 4 rings (SSSR count). The van der Waals surface area contributed by atoms with Crippen LogP contribution >= 0.6 is 0 Å². The highest BCUT2D eigenvalue weighted by Crippen LogP contribution is 2.30. The fraction of sp³-hybridized carbons (Fsp3) is 0.345. The number of amidine groups is 1. The summed E-state index contributed by atoms with van der Waals surface area (Å²) in [6.07, 6.45) is -0.844. The first kappa shape index (κ1) is 30.4. The van der Waals surface area contributed by atoms with Gasteiger partial charge in [0, 0.05) is 37.1 Å². The van der Waals surface area contributed by atoms with E-state index in [9.17, 15) is 18.0 Å². The third-order valence-corrected chi connectivity index (χ3v) is 6.46. The maximum Gasteiger partial charge on any atom is 0.416 e. The van der Waals surface area contributed by atoms with Gasteiger partial charge in [-0.15, -0.1) is 0 Å². The van der Waals surface area contributed by atoms with Gasteiger partial charge >= 0.3 is 6.18 Å². The van der Waals surface area contributed by atoms with E-state index in [-0.39, 0.29) is 5.56 Å². The topological polar surface area (TPSA) is 132 Å². The second-order valence-corrected chi connectivity index (χ2v) is 9.79. The average molecular weight is 582 g/mol. The molecule has 0 unspecified atom stereocenters. The lowest BCUT2D eigenvalue weighted by molar-refractivity contribution is -0.137. The number of carbonyl (C=O) groups excluding carboxylic acids is 1. The Labute approximate surface area is 242 Å². The van der Waals surface area contributed by atoms with Crippen molar-refractivity contribution in [1.82, 2.24) is 15.5 Å². The van der Waals surface area contributed by atoms with Gasteiger partial charge in [-0.25, -0.2) is 9.98 Å². The molecule has 0 radical (unpaired) electrons. The largest absolute Gasteiger partial charge is 0.416 e. The molecule has 0 spiro atoms. The number of rotatable bonds is 6. The second kappa shape index (κ2) is 13.8. The van der Waals surface area contributed by atoms with Crippen LogP contribution in [0.15, 0.2) is 74.7 Å². The molecule has 6 N–H and O–H groups in total. The van der Waals surface area contributed by atoms with Gasteiger partial charge in [-0.2, -0.15) is 18.2 Å². The van der Waals surface area contributed by atoms with Crippen molar-refractivity contribution in [2.45, 2.75) is 32.4 Å². The highest BCUT2D eigenvalue weighted by molar-refractivity contribution is 6.04. The smallest absolute Gasteiger partial charge is 0.387 e. The minimum atomic E-state index is -4.55. The molecule has 1 fully saturated rings. The molecule has 2 heterocycles. The highest BCUT2D eigenvalue weighted by atomic mass is 19.4. The molecule has 42 heavy (non-hydrogen) atoms. The van der Waals surface area contributed by atoms with Gasteiger partial charge in [0.1, 0.15) is 5.84 Å². The first-order valence-corrected chi connectivity index (χ1v) is 13.6. The number of hydrogen-bond donors (Lipinski definition) is 5. The third kappa shape index (κ3) is 8.45. The number of amides is 1. The number of alkyl halides is 3. The summed E-state index contributed by atoms with van der Waals surface area (Å²) in [6, 6.07) is 9.38. The van der Waals surface area contributed by atoms with Crippen molar-refractivity contribution in [3.8, 4) is 0 Å². The van der Waals surface area contributed by atoms with Crippen LogP contribution in [0, 0.1) is 6.92 Å². The molecule has 0 atom stereocenters. The normalized spacial score (nSPS) is 16.1. The number of halogens is 3. The van der Waals surface area contributed by atoms with E-state index in [0.29, 0.717) is 41.1 Å². The second-order valence-electron chi connectivity index (χ2n) is 9.79. The summed E-state index contributed by atoms with van der Waals surface area (Å²) in [4.78, 5) is 28.5. The lowest BCUT2D eigenvalue weighted by Crippen LogP contribution is -2.39. The van der Waals surface area contributed by atoms with Gasteiger partial charge in [0.25, 0.3) is 5.91 Å². The van der Waals surface area contributed by atoms with Crippen LogP contribution in [0.4, 0.5) is 24.5 Å². The van der Waals surface area contributed by atoms with E-state index in [2.05, 4.69) is 41.9 Å². The predicted octanol–water partition coefficient (Wildman–Crippen LogP) is 4.05. The first-order valence-electron chi connectivity index (χ1n) is 13.6. The fourth-order valence-corrected chi connectivity index (χ4v) is 4.33. The summed E-state index contributed by atoms with van der Waals surface area (Å²) < 4.78 is 39.3. The maximum atomic E-state index is 13.1. The van der Waals surface area contributed by atoms with Crippen molar-refractivity contribution in [3.05, 3.63) is 76.4 Å². The van der Waals surface area contributed by atoms with E-state index in [1.54, 1.807) is 25.2 Å². The van der Waals surface area contributed by atoms with E-state index >= 15 is 0 Å². The van der Waals surface area contributed by atoms with Crippen molar-refractivity contribution in [2.24, 2.45) is 20.7 Å². The molecule has 0 bridgehead atoms. The van der Waals surface area contributed by atoms with E-state index in [0.717, 1.165) is 56.7 Å². The zero-order chi connectivity index (χ0) is 30.1. The first-order chi connectivity index (χ1) is 20.1. The molecule has 0 saturated carbocycles. The van der Waals surface area contributed by atoms with E-state index < -0.39 is 17.6 Å². The number of guanidine groups is 1. The Bertz CT molecular complexity index is 1450. The molecule has 1 amide bonds. The minimum Gasteiger partial charge on any atom is -0.387 e. The Morgan fingerprint density at radius 2 is 1.88 bits per heavy atom. The zero-order valence-corrected chi connectivity index (χ0v) is 23.5. The minimum absolute atomic E-state index is 0.106. The number of nitrogens with zero attached hydrogens (tertiary/aromatic N) is 4. The summed E-state index contributed by atoms with van der Waals surface area (Å²) in [5, 5.41) is 12.1. The molecule has 10 nitrogen and oxygen atoms in total. The summed E-state index contributed by atoms with van der Waals surface area (Å²) >= 11 is 0. The highest BCUT2D eigenvalue weighted by Gasteiger charge is 2.31. The quantitative estimate of drug-likeness (QED) is 0.199. The van der Waals surface area contributed by atoms with Gasteiger partial charge in [0.15, 0.2) is 5.82 Å². The van der Waals surface area contributed by atoms with E-state index in [4.69, 9.17) is 10.7 Å². The van der Waals surface area contributed by atoms with Crippen LogP contribution < -0.4 is 27.0 Å². The van der Waals surface area contributed by atoms with Gasteiger partial charge in [-0.05, 0) is 68.8 Å². The lowest BCUT2D eigenvalue weighted by atomic mass is 10.1. The summed E-state index contributed by atoms with van der Waals surface area (Å²) in [7, 11) is 1.71. The van der Waals surface area contributed by atoms with Crippen LogP contribution in [0.25, 0.3) is 0 Å². The van der Waals surface area contributed by atoms with Crippen molar-refractivity contribution in [1.29, 1.82) is 0 Å². The van der Waals surface area contributed by atoms with Crippen molar-refractivity contribution in [2.75, 3.05) is 43.9 Å². The van der Waals surface area contributed by atoms with Gasteiger partial charge in [0.2, 0.25) is 5.96 Å². The molecular formula is C29H34F3N9O. The van der Waals surface area contributed by atoms with Crippen LogP contribution in [0.3, 0.4) is 0 Å². The van der Waals surface area contributed by atoms with Gasteiger partial charge in [-0.1, -0.05) is 17.9 Å². The Hall–Kier alpha value is -4.61. The number of carbonyl (C=O) groups is 1. The SMILES string of the molecule is CN/C=N\C(=C=C1CC(N)=NC(N2CCCNCCC2)=N1)Nc1cc(NC(=O)c2cccc(C(F)(F)F)c2)ccc1C. The third-order valence-electron chi connectivity index (χ3n) is 6.46. The van der Waals surface area contributed by atoms with Gasteiger partial charge < -0.3 is 31.9 Å². The molecular weight excluding hydrogens is 547 g/mol. The Balaban J connectivity index is 1.60. The Morgan fingerprint density at radius 1 is 1.12 bits per heavy atom. The van der Waals surface area contributed by atoms with Crippen LogP contribution in [-0.2, 0) is 6.18 Å². The number of aryl methyl sites for hydroxylation is 1. The number of anilines is 2. The standard InChI is InChI=1S/C29H34F3N9O/c1-19-8-9-22(37-27(42)20-6-3-7-21(14-20)29(30,31)32)15-24(19)39-26(36-18-34-2)17-23-16-25(33)40-28(38-23)41-12-4-10-35-11-5-13-41/h3,6-9,14-15,18,35,39H,4-5,10-13,16H2,1-2H3,(H,34,36)(H,37,42)(H2,33,38,40). The molecule has 2 aromatic carbocycles. The predicted molar refractivity (Wildman–Crippen MR) is 160 cm³/mol. The van der Waals surface area contributed by atoms with Crippen LogP contribution in [-0.4, -0.2) is 62.2 Å². The molecule has 2 aliphatic rings. The molecule has 1 saturated heterocycles. The molecule has 0 aromatic heterocycles. The number of aliphatic imine (C=N–C) groups is 3. The average Bonchev–Trinajstić information content (AvgIpc) is 2.92. The number of nitrogens with one attached hydrogen (secondary N) is 4. The molecule has 2 aromatic rings. The summed E-state index contributed by atoms with van der Waals surface area (Å²) in [5.74, 6) is 0.644. The summed E-state index contributed by atoms with van der Waals surface area (Å²) in [5.41, 5.74) is 10.8. The van der Waals surface area contributed by atoms with Crippen molar-refractivity contribution >= 4 is 35.4 Å². The van der Waals surface area contributed by atoms with Gasteiger partial charge in [0.05, 0.1) is 24.0 Å². The number of benzene rings is 2. The van der Waals surface area contributed by atoms with Crippen molar-refractivity contribution < 1.29 is 18.0 Å². The van der Waals surface area contributed by atoms with E-state index in [1.807, 2.05) is 6.92 Å². The van der Waals surface area contributed by atoms with Crippen LogP contribution in [0.5, 0.6) is 0 Å². The molecule has 0 aliphatic carbocycles. The fourth-order valence-electron chi connectivity index (χ4n) is 4.33. The van der Waals surface area contributed by atoms with Gasteiger partial charge in [-0.3, -0.25) is 4.79 Å². The number of hydrogen-bond acceptors (Lipinski definition) is 8. The zero-order valence-electron chi connectivity index (χ0n) is 23.5. The van der Waals surface area contributed by atoms with E-state index in [1.165, 1.54) is 18.5 Å². The van der Waals surface area contributed by atoms with Crippen molar-refractivity contribution in [3.63, 3.8) is 0 Å². The van der Waals surface area contributed by atoms with Crippen LogP contribution in [0.2, 0.25) is 0 Å². The van der Waals surface area contributed by atoms with Crippen LogP contribution in [0.1, 0.15) is 40.7 Å². The maximum absolute atomic E-state index is 13.1. The lowest BCUT2D eigenvalue weighted by Gasteiger charge is -2.27. The summed E-state index contributed by atoms with van der Waals surface area (Å²) in [6.45, 7) is 5.33. The molecule has 13 heteroatoms. The number of nitrogens with two attached hydrogens (primary N) is 1. The molecule has 2 aliphatic heterocycles.